The minimum absolute atomic E-state index is 0.0269. The maximum atomic E-state index is 10.6. The van der Waals surface area contributed by atoms with Crippen LogP contribution in [0.25, 0.3) is 6.08 Å². The zero-order valence-electron chi connectivity index (χ0n) is 7.74. The number of carbonyl (C=O) groups excluding carboxylic acids is 1. The van der Waals surface area contributed by atoms with Gasteiger partial charge in [0.25, 0.3) is 0 Å². The Morgan fingerprint density at radius 2 is 2.15 bits per heavy atom. The van der Waals surface area contributed by atoms with Crippen LogP contribution in [0.2, 0.25) is 0 Å². The average Bonchev–Trinajstić information content (AvgIpc) is 2.06. The SMILES string of the molecule is CC(=O)/C=C/c1cc(C)ccc1O. The lowest BCUT2D eigenvalue weighted by molar-refractivity contribution is -0.112. The molecule has 0 amide bonds. The Bertz CT molecular complexity index is 351. The quantitative estimate of drug-likeness (QED) is 0.702. The molecule has 1 N–H and O–H groups in total. The van der Waals surface area contributed by atoms with Crippen molar-refractivity contribution in [2.75, 3.05) is 0 Å². The van der Waals surface area contributed by atoms with E-state index >= 15 is 0 Å². The third kappa shape index (κ3) is 2.75. The van der Waals surface area contributed by atoms with E-state index in [4.69, 9.17) is 0 Å². The lowest BCUT2D eigenvalue weighted by Crippen LogP contribution is -1.82. The Hall–Kier alpha value is -1.57. The van der Waals surface area contributed by atoms with Gasteiger partial charge in [-0.25, -0.2) is 0 Å². The summed E-state index contributed by atoms with van der Waals surface area (Å²) in [6.45, 7) is 3.41. The van der Waals surface area contributed by atoms with Crippen molar-refractivity contribution in [1.82, 2.24) is 0 Å². The van der Waals surface area contributed by atoms with Crippen molar-refractivity contribution in [3.8, 4) is 5.75 Å². The molecule has 13 heavy (non-hydrogen) atoms. The molecule has 0 aliphatic carbocycles. The number of rotatable bonds is 2. The van der Waals surface area contributed by atoms with E-state index in [1.807, 2.05) is 19.1 Å². The first kappa shape index (κ1) is 9.52. The highest BCUT2D eigenvalue weighted by Crippen LogP contribution is 2.19. The molecule has 0 atom stereocenters. The van der Waals surface area contributed by atoms with Crippen LogP contribution in [-0.4, -0.2) is 10.9 Å². The number of benzene rings is 1. The fraction of sp³-hybridized carbons (Fsp3) is 0.182. The van der Waals surface area contributed by atoms with Gasteiger partial charge in [-0.3, -0.25) is 4.79 Å². The molecular weight excluding hydrogens is 164 g/mol. The van der Waals surface area contributed by atoms with Crippen LogP contribution in [0.5, 0.6) is 5.75 Å². The first-order chi connectivity index (χ1) is 6.09. The van der Waals surface area contributed by atoms with E-state index in [9.17, 15) is 9.90 Å². The fourth-order valence-corrected chi connectivity index (χ4v) is 1.01. The van der Waals surface area contributed by atoms with Crippen molar-refractivity contribution in [2.24, 2.45) is 0 Å². The summed E-state index contributed by atoms with van der Waals surface area (Å²) in [5, 5.41) is 9.39. The van der Waals surface area contributed by atoms with Gasteiger partial charge in [0.15, 0.2) is 5.78 Å². The number of allylic oxidation sites excluding steroid dienone is 1. The normalized spacial score (nSPS) is 10.6. The van der Waals surface area contributed by atoms with Gasteiger partial charge in [-0.15, -0.1) is 0 Å². The van der Waals surface area contributed by atoms with E-state index in [2.05, 4.69) is 0 Å². The molecule has 0 saturated carbocycles. The molecule has 68 valence electrons. The second kappa shape index (κ2) is 3.90. The monoisotopic (exact) mass is 176 g/mol. The van der Waals surface area contributed by atoms with Gasteiger partial charge in [0.1, 0.15) is 5.75 Å². The Balaban J connectivity index is 3.00. The van der Waals surface area contributed by atoms with Crippen molar-refractivity contribution in [2.45, 2.75) is 13.8 Å². The third-order valence-electron chi connectivity index (χ3n) is 1.68. The highest BCUT2D eigenvalue weighted by atomic mass is 16.3. The molecule has 0 fully saturated rings. The summed E-state index contributed by atoms with van der Waals surface area (Å²) in [6.07, 6.45) is 3.05. The van der Waals surface area contributed by atoms with E-state index in [1.54, 1.807) is 12.1 Å². The van der Waals surface area contributed by atoms with Crippen LogP contribution >= 0.6 is 0 Å². The number of phenolic OH excluding ortho intramolecular Hbond substituents is 1. The summed E-state index contributed by atoms with van der Waals surface area (Å²) in [6, 6.07) is 5.27. The largest absolute Gasteiger partial charge is 0.507 e. The van der Waals surface area contributed by atoms with Gasteiger partial charge < -0.3 is 5.11 Å². The van der Waals surface area contributed by atoms with E-state index in [-0.39, 0.29) is 11.5 Å². The zero-order valence-corrected chi connectivity index (χ0v) is 7.74. The zero-order chi connectivity index (χ0) is 9.84. The van der Waals surface area contributed by atoms with Crippen LogP contribution in [0.15, 0.2) is 24.3 Å². The maximum Gasteiger partial charge on any atom is 0.152 e. The van der Waals surface area contributed by atoms with Gasteiger partial charge in [0.05, 0.1) is 0 Å². The van der Waals surface area contributed by atoms with E-state index < -0.39 is 0 Å². The summed E-state index contributed by atoms with van der Waals surface area (Å²) < 4.78 is 0. The standard InChI is InChI=1S/C11H12O2/c1-8-3-6-11(13)10(7-8)5-4-9(2)12/h3-7,13H,1-2H3/b5-4+. The van der Waals surface area contributed by atoms with Crippen molar-refractivity contribution >= 4 is 11.9 Å². The third-order valence-corrected chi connectivity index (χ3v) is 1.68. The Labute approximate surface area is 77.5 Å². The first-order valence-corrected chi connectivity index (χ1v) is 4.08. The number of carbonyl (C=O) groups is 1. The van der Waals surface area contributed by atoms with Gasteiger partial charge in [-0.05, 0) is 38.1 Å². The van der Waals surface area contributed by atoms with Crippen molar-refractivity contribution in [3.63, 3.8) is 0 Å². The van der Waals surface area contributed by atoms with Crippen molar-refractivity contribution in [3.05, 3.63) is 35.4 Å². The predicted molar refractivity (Wildman–Crippen MR) is 52.6 cm³/mol. The molecular formula is C11H12O2. The van der Waals surface area contributed by atoms with E-state index in [0.29, 0.717) is 5.56 Å². The molecule has 2 nitrogen and oxygen atoms in total. The highest BCUT2D eigenvalue weighted by molar-refractivity contribution is 5.91. The van der Waals surface area contributed by atoms with Gasteiger partial charge >= 0.3 is 0 Å². The molecule has 0 spiro atoms. The summed E-state index contributed by atoms with van der Waals surface area (Å²) >= 11 is 0. The molecule has 0 heterocycles. The number of aryl methyl sites for hydroxylation is 1. The van der Waals surface area contributed by atoms with Crippen LogP contribution < -0.4 is 0 Å². The molecule has 0 aliphatic heterocycles. The molecule has 2 heteroatoms. The Morgan fingerprint density at radius 3 is 2.77 bits per heavy atom. The fourth-order valence-electron chi connectivity index (χ4n) is 1.01. The topological polar surface area (TPSA) is 37.3 Å². The molecule has 0 bridgehead atoms. The Kier molecular flexibility index (Phi) is 2.85. The molecule has 1 rings (SSSR count). The molecule has 0 aromatic heterocycles. The number of phenols is 1. The van der Waals surface area contributed by atoms with Gasteiger partial charge in [0, 0.05) is 5.56 Å². The van der Waals surface area contributed by atoms with Crippen LogP contribution in [0.3, 0.4) is 0 Å². The van der Waals surface area contributed by atoms with Gasteiger partial charge in [-0.2, -0.15) is 0 Å². The van der Waals surface area contributed by atoms with Crippen LogP contribution in [0.1, 0.15) is 18.1 Å². The number of ketones is 1. The summed E-state index contributed by atoms with van der Waals surface area (Å²) in [5.41, 5.74) is 1.73. The minimum Gasteiger partial charge on any atom is -0.507 e. The van der Waals surface area contributed by atoms with Crippen LogP contribution in [0, 0.1) is 6.92 Å². The molecule has 1 aromatic carbocycles. The first-order valence-electron chi connectivity index (χ1n) is 4.08. The maximum absolute atomic E-state index is 10.6. The van der Waals surface area contributed by atoms with E-state index in [0.717, 1.165) is 5.56 Å². The Morgan fingerprint density at radius 1 is 1.46 bits per heavy atom. The molecule has 1 aromatic rings. The molecule has 0 aliphatic rings. The van der Waals surface area contributed by atoms with Gasteiger partial charge in [0.2, 0.25) is 0 Å². The number of hydrogen-bond acceptors (Lipinski definition) is 2. The smallest absolute Gasteiger partial charge is 0.152 e. The van der Waals surface area contributed by atoms with Crippen LogP contribution in [0.4, 0.5) is 0 Å². The lowest BCUT2D eigenvalue weighted by Gasteiger charge is -1.99. The molecule has 0 saturated heterocycles. The predicted octanol–water partition coefficient (Wildman–Crippen LogP) is 2.30. The second-order valence-electron chi connectivity index (χ2n) is 3.01. The van der Waals surface area contributed by atoms with Crippen LogP contribution in [-0.2, 0) is 4.79 Å². The van der Waals surface area contributed by atoms with Crippen molar-refractivity contribution < 1.29 is 9.90 Å². The second-order valence-corrected chi connectivity index (χ2v) is 3.01. The van der Waals surface area contributed by atoms with E-state index in [1.165, 1.54) is 13.0 Å². The minimum atomic E-state index is -0.0269. The number of hydrogen-bond donors (Lipinski definition) is 1. The molecule has 0 unspecified atom stereocenters. The lowest BCUT2D eigenvalue weighted by atomic mass is 10.1. The summed E-state index contributed by atoms with van der Waals surface area (Å²) in [7, 11) is 0. The van der Waals surface area contributed by atoms with Crippen molar-refractivity contribution in [1.29, 1.82) is 0 Å². The summed E-state index contributed by atoms with van der Waals surface area (Å²) in [5.74, 6) is 0.170. The van der Waals surface area contributed by atoms with Gasteiger partial charge in [-0.1, -0.05) is 11.6 Å². The summed E-state index contributed by atoms with van der Waals surface area (Å²) in [4.78, 5) is 10.6. The molecule has 0 radical (unpaired) electrons. The highest BCUT2D eigenvalue weighted by Gasteiger charge is 1.96. The average molecular weight is 176 g/mol. The number of aromatic hydroxyl groups is 1.